The largest absolute Gasteiger partial charge is 0.480 e. The number of aliphatic carboxylic acids is 1. The van der Waals surface area contributed by atoms with Gasteiger partial charge >= 0.3 is 18.2 Å². The highest BCUT2D eigenvalue weighted by atomic mass is 19.4. The van der Waals surface area contributed by atoms with Gasteiger partial charge in [0, 0.05) is 12.5 Å². The number of carbonyl (C=O) groups excluding carboxylic acids is 2. The Morgan fingerprint density at radius 2 is 1.65 bits per heavy atom. The summed E-state index contributed by atoms with van der Waals surface area (Å²) in [4.78, 5) is 37.5. The van der Waals surface area contributed by atoms with Gasteiger partial charge in [-0.3, -0.25) is 4.79 Å². The van der Waals surface area contributed by atoms with E-state index in [1.54, 1.807) is 0 Å². The highest BCUT2D eigenvalue weighted by molar-refractivity contribution is 5.90. The lowest BCUT2D eigenvalue weighted by Crippen LogP contribution is -2.53. The first-order chi connectivity index (χ1) is 16.2. The molecule has 0 bridgehead atoms. The van der Waals surface area contributed by atoms with Gasteiger partial charge in [0.2, 0.25) is 5.91 Å². The second-order valence-electron chi connectivity index (χ2n) is 8.37. The van der Waals surface area contributed by atoms with Crippen LogP contribution in [0.2, 0.25) is 0 Å². The lowest BCUT2D eigenvalue weighted by molar-refractivity contribution is -0.157. The Balaban J connectivity index is 1.46. The summed E-state index contributed by atoms with van der Waals surface area (Å²) in [5.74, 6) is -2.68. The van der Waals surface area contributed by atoms with Gasteiger partial charge in [0.05, 0.1) is 6.42 Å². The number of carboxylic acid groups (broad SMARTS) is 1. The maximum absolute atomic E-state index is 13.1. The number of ether oxygens (including phenoxy) is 1. The van der Waals surface area contributed by atoms with Crippen molar-refractivity contribution < 1.29 is 37.4 Å². The first kappa shape index (κ1) is 23.6. The Bertz CT molecular complexity index is 1060. The van der Waals surface area contributed by atoms with Crippen molar-refractivity contribution in [2.45, 2.75) is 43.4 Å². The molecule has 2 atom stereocenters. The number of benzene rings is 2. The molecule has 2 N–H and O–H groups in total. The molecule has 7 nitrogen and oxygen atoms in total. The van der Waals surface area contributed by atoms with Gasteiger partial charge in [-0.1, -0.05) is 48.5 Å². The molecule has 34 heavy (non-hydrogen) atoms. The standard InChI is InChI=1S/C24H23F3N2O5/c25-24(26,27)12-19(21(30)29-11-5-10-20(29)22(31)32)28-23(33)34-13-18-16-8-3-1-6-14(16)15-7-2-4-9-17(15)18/h1-4,6-9,18-20H,5,10-13H2,(H,28,33)(H,31,32). The quantitative estimate of drug-likeness (QED) is 0.659. The van der Waals surface area contributed by atoms with Crippen LogP contribution in [-0.4, -0.2) is 59.4 Å². The van der Waals surface area contributed by atoms with Gasteiger partial charge < -0.3 is 20.1 Å². The molecule has 2 aliphatic rings. The van der Waals surface area contributed by atoms with E-state index in [0.717, 1.165) is 27.2 Å². The molecule has 10 heteroatoms. The number of likely N-dealkylation sites (tertiary alicyclic amines) is 1. The van der Waals surface area contributed by atoms with Crippen molar-refractivity contribution in [1.82, 2.24) is 10.2 Å². The van der Waals surface area contributed by atoms with Crippen LogP contribution in [-0.2, 0) is 14.3 Å². The van der Waals surface area contributed by atoms with Crippen LogP contribution in [0.3, 0.4) is 0 Å². The molecule has 0 saturated carbocycles. The van der Waals surface area contributed by atoms with Crippen LogP contribution in [0.25, 0.3) is 11.1 Å². The monoisotopic (exact) mass is 476 g/mol. The van der Waals surface area contributed by atoms with Crippen molar-refractivity contribution in [3.63, 3.8) is 0 Å². The molecule has 180 valence electrons. The number of fused-ring (bicyclic) bond motifs is 3. The summed E-state index contributed by atoms with van der Waals surface area (Å²) in [7, 11) is 0. The molecule has 0 aromatic heterocycles. The van der Waals surface area contributed by atoms with Crippen LogP contribution in [0, 0.1) is 0 Å². The summed E-state index contributed by atoms with van der Waals surface area (Å²) in [6.45, 7) is -0.120. The SMILES string of the molecule is O=C(NC(CC(F)(F)F)C(=O)N1CCCC1C(=O)O)OCC1c2ccccc2-c2ccccc21. The average molecular weight is 476 g/mol. The van der Waals surface area contributed by atoms with Crippen molar-refractivity contribution in [1.29, 1.82) is 0 Å². The van der Waals surface area contributed by atoms with Gasteiger partial charge in [0.25, 0.3) is 0 Å². The van der Waals surface area contributed by atoms with E-state index in [9.17, 15) is 32.7 Å². The Labute approximate surface area is 193 Å². The molecule has 0 spiro atoms. The summed E-state index contributed by atoms with van der Waals surface area (Å²) >= 11 is 0. The number of hydrogen-bond acceptors (Lipinski definition) is 4. The van der Waals surface area contributed by atoms with Gasteiger partial charge in [-0.05, 0) is 35.1 Å². The minimum absolute atomic E-state index is 0.0104. The van der Waals surface area contributed by atoms with E-state index in [0.29, 0.717) is 6.42 Å². The minimum Gasteiger partial charge on any atom is -0.480 e. The normalized spacial score (nSPS) is 18.2. The van der Waals surface area contributed by atoms with E-state index in [1.165, 1.54) is 0 Å². The highest BCUT2D eigenvalue weighted by Crippen LogP contribution is 2.44. The van der Waals surface area contributed by atoms with Crippen LogP contribution in [0.15, 0.2) is 48.5 Å². The molecule has 1 fully saturated rings. The summed E-state index contributed by atoms with van der Waals surface area (Å²) in [6.07, 6.45) is -7.05. The van der Waals surface area contributed by atoms with Crippen molar-refractivity contribution in [3.05, 3.63) is 59.7 Å². The number of carboxylic acids is 1. The molecule has 1 aliphatic carbocycles. The first-order valence-corrected chi connectivity index (χ1v) is 10.9. The second kappa shape index (κ2) is 9.36. The molecule has 0 radical (unpaired) electrons. The lowest BCUT2D eigenvalue weighted by atomic mass is 9.98. The third kappa shape index (κ3) is 4.85. The molecule has 1 heterocycles. The molecule has 1 saturated heterocycles. The maximum atomic E-state index is 13.1. The minimum atomic E-state index is -4.75. The third-order valence-electron chi connectivity index (χ3n) is 6.19. The Morgan fingerprint density at radius 3 is 2.21 bits per heavy atom. The van der Waals surface area contributed by atoms with Crippen LogP contribution >= 0.6 is 0 Å². The number of amides is 2. The number of rotatable bonds is 6. The summed E-state index contributed by atoms with van der Waals surface area (Å²) in [5, 5.41) is 11.3. The van der Waals surface area contributed by atoms with Crippen LogP contribution in [0.1, 0.15) is 36.3 Å². The van der Waals surface area contributed by atoms with Crippen molar-refractivity contribution in [2.24, 2.45) is 0 Å². The number of halogens is 3. The number of nitrogens with zero attached hydrogens (tertiary/aromatic N) is 1. The highest BCUT2D eigenvalue weighted by Gasteiger charge is 2.42. The zero-order valence-corrected chi connectivity index (χ0v) is 18.0. The fourth-order valence-corrected chi connectivity index (χ4v) is 4.70. The summed E-state index contributed by atoms with van der Waals surface area (Å²) in [5.41, 5.74) is 3.85. The number of nitrogens with one attached hydrogen (secondary N) is 1. The summed E-state index contributed by atoms with van der Waals surface area (Å²) in [6, 6.07) is 12.0. The Kier molecular flexibility index (Phi) is 6.49. The topological polar surface area (TPSA) is 95.9 Å². The van der Waals surface area contributed by atoms with E-state index < -0.39 is 42.7 Å². The third-order valence-corrected chi connectivity index (χ3v) is 6.19. The molecular formula is C24H23F3N2O5. The van der Waals surface area contributed by atoms with E-state index in [4.69, 9.17) is 4.74 Å². The van der Waals surface area contributed by atoms with Crippen LogP contribution in [0.4, 0.5) is 18.0 Å². The predicted molar refractivity (Wildman–Crippen MR) is 115 cm³/mol. The fraction of sp³-hybridized carbons (Fsp3) is 0.375. The smallest absolute Gasteiger partial charge is 0.407 e. The second-order valence-corrected chi connectivity index (χ2v) is 8.37. The van der Waals surface area contributed by atoms with Crippen LogP contribution in [0.5, 0.6) is 0 Å². The molecule has 2 amide bonds. The molecule has 4 rings (SSSR count). The van der Waals surface area contributed by atoms with Crippen molar-refractivity contribution >= 4 is 18.0 Å². The first-order valence-electron chi connectivity index (χ1n) is 10.9. The number of alkyl carbamates (subject to hydrolysis) is 1. The van der Waals surface area contributed by atoms with Crippen LogP contribution < -0.4 is 5.32 Å². The van der Waals surface area contributed by atoms with Gasteiger partial charge in [-0.15, -0.1) is 0 Å². The van der Waals surface area contributed by atoms with Gasteiger partial charge in [0.1, 0.15) is 18.7 Å². The molecule has 2 aromatic carbocycles. The van der Waals surface area contributed by atoms with Crippen molar-refractivity contribution in [2.75, 3.05) is 13.2 Å². The van der Waals surface area contributed by atoms with Gasteiger partial charge in [-0.2, -0.15) is 13.2 Å². The zero-order valence-electron chi connectivity index (χ0n) is 18.0. The van der Waals surface area contributed by atoms with Gasteiger partial charge in [-0.25, -0.2) is 9.59 Å². The summed E-state index contributed by atoms with van der Waals surface area (Å²) < 4.78 is 44.7. The van der Waals surface area contributed by atoms with E-state index >= 15 is 0 Å². The van der Waals surface area contributed by atoms with Crippen molar-refractivity contribution in [3.8, 4) is 11.1 Å². The van der Waals surface area contributed by atoms with E-state index in [1.807, 2.05) is 53.8 Å². The van der Waals surface area contributed by atoms with E-state index in [2.05, 4.69) is 0 Å². The number of carbonyl (C=O) groups is 3. The molecule has 1 aliphatic heterocycles. The van der Waals surface area contributed by atoms with E-state index in [-0.39, 0.29) is 25.5 Å². The zero-order chi connectivity index (χ0) is 24.5. The molecule has 2 aromatic rings. The van der Waals surface area contributed by atoms with Gasteiger partial charge in [0.15, 0.2) is 0 Å². The Hall–Kier alpha value is -3.56. The Morgan fingerprint density at radius 1 is 1.06 bits per heavy atom. The lowest BCUT2D eigenvalue weighted by Gasteiger charge is -2.27. The average Bonchev–Trinajstić information content (AvgIpc) is 3.39. The molecule has 2 unspecified atom stereocenters. The maximum Gasteiger partial charge on any atom is 0.407 e. The fourth-order valence-electron chi connectivity index (χ4n) is 4.70. The number of alkyl halides is 3. The predicted octanol–water partition coefficient (Wildman–Crippen LogP) is 3.92. The molecular weight excluding hydrogens is 453 g/mol. The number of hydrogen-bond donors (Lipinski definition) is 2.